The maximum Gasteiger partial charge on any atom is 0.223 e. The molecule has 30 heavy (non-hydrogen) atoms. The van der Waals surface area contributed by atoms with Gasteiger partial charge in [0.05, 0.1) is 20.3 Å². The Morgan fingerprint density at radius 1 is 1.07 bits per heavy atom. The van der Waals surface area contributed by atoms with Crippen LogP contribution in [0, 0.1) is 0 Å². The number of nitrogens with one attached hydrogen (secondary N) is 1. The first kappa shape index (κ1) is 21.5. The molecule has 3 heterocycles. The van der Waals surface area contributed by atoms with Crippen LogP contribution in [0.1, 0.15) is 43.0 Å². The molecule has 9 heteroatoms. The lowest BCUT2D eigenvalue weighted by atomic mass is 9.95. The Morgan fingerprint density at radius 2 is 1.70 bits per heavy atom. The molecule has 2 amide bonds. The predicted molar refractivity (Wildman–Crippen MR) is 109 cm³/mol. The van der Waals surface area contributed by atoms with Gasteiger partial charge in [-0.1, -0.05) is 0 Å². The standard InChI is InChI=1S/C21H27N5O4/c1-29-18-13-19(30-2)25-21(24-18)16-7-11-26(12-8-16)20(28)4-3-17(27)23-14-15-5-9-22-10-6-15/h5-6,9-10,13,16H,3-4,7-8,11-12,14H2,1-2H3,(H,23,27). The Morgan fingerprint density at radius 3 is 2.30 bits per heavy atom. The highest BCUT2D eigenvalue weighted by molar-refractivity contribution is 5.83. The van der Waals surface area contributed by atoms with Crippen molar-refractivity contribution in [3.05, 3.63) is 42.0 Å². The number of aromatic nitrogens is 3. The summed E-state index contributed by atoms with van der Waals surface area (Å²) in [5.41, 5.74) is 0.975. The van der Waals surface area contributed by atoms with Gasteiger partial charge < -0.3 is 19.7 Å². The van der Waals surface area contributed by atoms with E-state index in [0.29, 0.717) is 37.2 Å². The van der Waals surface area contributed by atoms with Crippen LogP contribution in [-0.2, 0) is 16.1 Å². The first-order valence-electron chi connectivity index (χ1n) is 9.99. The van der Waals surface area contributed by atoms with E-state index >= 15 is 0 Å². The molecule has 0 bridgehead atoms. The molecule has 9 nitrogen and oxygen atoms in total. The monoisotopic (exact) mass is 413 g/mol. The van der Waals surface area contributed by atoms with Gasteiger partial charge in [-0.25, -0.2) is 0 Å². The number of carbonyl (C=O) groups excluding carboxylic acids is 2. The van der Waals surface area contributed by atoms with Crippen LogP contribution in [-0.4, -0.2) is 59.0 Å². The number of hydrogen-bond donors (Lipinski definition) is 1. The molecule has 0 spiro atoms. The van der Waals surface area contributed by atoms with E-state index in [4.69, 9.17) is 9.47 Å². The summed E-state index contributed by atoms with van der Waals surface area (Å²) in [6.07, 6.45) is 5.27. The lowest BCUT2D eigenvalue weighted by Gasteiger charge is -2.31. The van der Waals surface area contributed by atoms with Gasteiger partial charge in [0.1, 0.15) is 5.82 Å². The van der Waals surface area contributed by atoms with Crippen LogP contribution in [0.4, 0.5) is 0 Å². The summed E-state index contributed by atoms with van der Waals surface area (Å²) in [4.78, 5) is 39.1. The molecule has 0 atom stereocenters. The molecular formula is C21H27N5O4. The predicted octanol–water partition coefficient (Wildman–Crippen LogP) is 1.69. The largest absolute Gasteiger partial charge is 0.481 e. The van der Waals surface area contributed by atoms with Crippen molar-refractivity contribution in [1.82, 2.24) is 25.2 Å². The van der Waals surface area contributed by atoms with Crippen molar-refractivity contribution >= 4 is 11.8 Å². The maximum atomic E-state index is 12.5. The van der Waals surface area contributed by atoms with Crippen LogP contribution in [0.5, 0.6) is 11.8 Å². The maximum absolute atomic E-state index is 12.5. The van der Waals surface area contributed by atoms with Gasteiger partial charge >= 0.3 is 0 Å². The Kier molecular flexibility index (Phi) is 7.53. The third kappa shape index (κ3) is 5.88. The van der Waals surface area contributed by atoms with Crippen molar-refractivity contribution < 1.29 is 19.1 Å². The van der Waals surface area contributed by atoms with Crippen molar-refractivity contribution in [2.45, 2.75) is 38.1 Å². The smallest absolute Gasteiger partial charge is 0.223 e. The van der Waals surface area contributed by atoms with Gasteiger partial charge in [0.2, 0.25) is 23.6 Å². The molecule has 2 aromatic rings. The van der Waals surface area contributed by atoms with Gasteiger partial charge in [0, 0.05) is 50.8 Å². The van der Waals surface area contributed by atoms with E-state index in [-0.39, 0.29) is 30.6 Å². The zero-order valence-electron chi connectivity index (χ0n) is 17.3. The highest BCUT2D eigenvalue weighted by atomic mass is 16.5. The summed E-state index contributed by atoms with van der Waals surface area (Å²) in [7, 11) is 3.11. The van der Waals surface area contributed by atoms with Crippen molar-refractivity contribution in [3.63, 3.8) is 0 Å². The number of piperidine rings is 1. The minimum Gasteiger partial charge on any atom is -0.481 e. The number of methoxy groups -OCH3 is 2. The Labute approximate surface area is 175 Å². The lowest BCUT2D eigenvalue weighted by molar-refractivity contribution is -0.134. The van der Waals surface area contributed by atoms with E-state index in [1.165, 1.54) is 0 Å². The highest BCUT2D eigenvalue weighted by Crippen LogP contribution is 2.28. The molecule has 3 rings (SSSR count). The van der Waals surface area contributed by atoms with Crippen LogP contribution in [0.3, 0.4) is 0 Å². The molecule has 1 aliphatic heterocycles. The van der Waals surface area contributed by atoms with E-state index in [1.54, 1.807) is 32.7 Å². The molecule has 1 N–H and O–H groups in total. The molecule has 160 valence electrons. The van der Waals surface area contributed by atoms with Gasteiger partial charge in [-0.3, -0.25) is 14.6 Å². The molecular weight excluding hydrogens is 386 g/mol. The third-order valence-corrected chi connectivity index (χ3v) is 5.13. The second-order valence-corrected chi connectivity index (χ2v) is 7.10. The first-order chi connectivity index (χ1) is 14.6. The number of ether oxygens (including phenoxy) is 2. The van der Waals surface area contributed by atoms with E-state index in [2.05, 4.69) is 20.3 Å². The second-order valence-electron chi connectivity index (χ2n) is 7.10. The molecule has 0 radical (unpaired) electrons. The highest BCUT2D eigenvalue weighted by Gasteiger charge is 2.26. The number of amides is 2. The molecule has 0 unspecified atom stereocenters. The van der Waals surface area contributed by atoms with Gasteiger partial charge in [-0.05, 0) is 30.5 Å². The van der Waals surface area contributed by atoms with Crippen molar-refractivity contribution in [2.75, 3.05) is 27.3 Å². The quantitative estimate of drug-likeness (QED) is 0.702. The van der Waals surface area contributed by atoms with Gasteiger partial charge in [0.15, 0.2) is 0 Å². The summed E-state index contributed by atoms with van der Waals surface area (Å²) < 4.78 is 10.4. The van der Waals surface area contributed by atoms with Crippen LogP contribution >= 0.6 is 0 Å². The Hall–Kier alpha value is -3.23. The fraction of sp³-hybridized carbons (Fsp3) is 0.476. The van der Waals surface area contributed by atoms with Crippen LogP contribution in [0.25, 0.3) is 0 Å². The van der Waals surface area contributed by atoms with Crippen LogP contribution in [0.2, 0.25) is 0 Å². The molecule has 1 fully saturated rings. The van der Waals surface area contributed by atoms with Crippen molar-refractivity contribution in [1.29, 1.82) is 0 Å². The number of nitrogens with zero attached hydrogens (tertiary/aromatic N) is 4. The zero-order chi connectivity index (χ0) is 21.3. The summed E-state index contributed by atoms with van der Waals surface area (Å²) in [5.74, 6) is 1.61. The number of carbonyl (C=O) groups is 2. The molecule has 2 aromatic heterocycles. The molecule has 1 saturated heterocycles. The number of likely N-dealkylation sites (tertiary alicyclic amines) is 1. The van der Waals surface area contributed by atoms with Crippen LogP contribution in [0.15, 0.2) is 30.6 Å². The summed E-state index contributed by atoms with van der Waals surface area (Å²) in [6.45, 7) is 1.67. The fourth-order valence-electron chi connectivity index (χ4n) is 3.37. The molecule has 0 aliphatic carbocycles. The van der Waals surface area contributed by atoms with Crippen LogP contribution < -0.4 is 14.8 Å². The summed E-state index contributed by atoms with van der Waals surface area (Å²) in [6, 6.07) is 5.33. The summed E-state index contributed by atoms with van der Waals surface area (Å²) in [5, 5.41) is 2.83. The molecule has 0 aromatic carbocycles. The fourth-order valence-corrected chi connectivity index (χ4v) is 3.37. The number of pyridine rings is 1. The topological polar surface area (TPSA) is 107 Å². The number of hydrogen-bond acceptors (Lipinski definition) is 7. The van der Waals surface area contributed by atoms with Gasteiger partial charge in [-0.2, -0.15) is 9.97 Å². The average molecular weight is 413 g/mol. The minimum atomic E-state index is -0.132. The van der Waals surface area contributed by atoms with Gasteiger partial charge in [0.25, 0.3) is 0 Å². The number of rotatable bonds is 8. The zero-order valence-corrected chi connectivity index (χ0v) is 17.3. The van der Waals surface area contributed by atoms with Crippen molar-refractivity contribution in [3.8, 4) is 11.8 Å². The Balaban J connectivity index is 1.43. The normalized spacial score (nSPS) is 14.3. The van der Waals surface area contributed by atoms with E-state index in [9.17, 15) is 9.59 Å². The van der Waals surface area contributed by atoms with Crippen molar-refractivity contribution in [2.24, 2.45) is 0 Å². The molecule has 1 aliphatic rings. The average Bonchev–Trinajstić information content (AvgIpc) is 2.81. The Bertz CT molecular complexity index is 831. The van der Waals surface area contributed by atoms with Gasteiger partial charge in [-0.15, -0.1) is 0 Å². The minimum absolute atomic E-state index is 0.00310. The SMILES string of the molecule is COc1cc(OC)nc(C2CCN(C(=O)CCC(=O)NCc3ccncc3)CC2)n1. The first-order valence-corrected chi connectivity index (χ1v) is 9.99. The third-order valence-electron chi connectivity index (χ3n) is 5.13. The summed E-state index contributed by atoms with van der Waals surface area (Å²) >= 11 is 0. The molecule has 0 saturated carbocycles. The van der Waals surface area contributed by atoms with E-state index in [1.807, 2.05) is 17.0 Å². The van der Waals surface area contributed by atoms with E-state index in [0.717, 1.165) is 18.4 Å². The van der Waals surface area contributed by atoms with E-state index < -0.39 is 0 Å². The lowest BCUT2D eigenvalue weighted by Crippen LogP contribution is -2.38. The second kappa shape index (κ2) is 10.5.